The Morgan fingerprint density at radius 2 is 2.00 bits per heavy atom. The molecule has 1 aromatic carbocycles. The van der Waals surface area contributed by atoms with Crippen LogP contribution in [0.4, 0.5) is 5.69 Å². The van der Waals surface area contributed by atoms with E-state index in [0.717, 1.165) is 31.5 Å². The van der Waals surface area contributed by atoms with Crippen LogP contribution in [0, 0.1) is 0 Å². The molecular weight excluding hydrogens is 264 g/mol. The Kier molecular flexibility index (Phi) is 4.00. The fourth-order valence-electron chi connectivity index (χ4n) is 3.30. The van der Waals surface area contributed by atoms with E-state index in [1.807, 2.05) is 4.90 Å². The van der Waals surface area contributed by atoms with Gasteiger partial charge in [0.2, 0.25) is 5.91 Å². The number of nitrogens with zero attached hydrogens (tertiary/aromatic N) is 1. The summed E-state index contributed by atoms with van der Waals surface area (Å²) in [7, 11) is 0. The van der Waals surface area contributed by atoms with Gasteiger partial charge in [0.25, 0.3) is 0 Å². The molecule has 3 N–H and O–H groups in total. The Balaban J connectivity index is 1.68. The summed E-state index contributed by atoms with van der Waals surface area (Å²) in [5, 5.41) is 9.04. The van der Waals surface area contributed by atoms with E-state index < -0.39 is 0 Å². The summed E-state index contributed by atoms with van der Waals surface area (Å²) >= 11 is 0. The zero-order valence-corrected chi connectivity index (χ0v) is 12.4. The Labute approximate surface area is 125 Å². The molecule has 4 nitrogen and oxygen atoms in total. The van der Waals surface area contributed by atoms with Gasteiger partial charge < -0.3 is 15.7 Å². The van der Waals surface area contributed by atoms with Crippen molar-refractivity contribution in [2.24, 2.45) is 5.73 Å². The average Bonchev–Trinajstić information content (AvgIpc) is 3.19. The number of amides is 1. The lowest BCUT2D eigenvalue weighted by atomic mass is 9.89. The molecule has 2 fully saturated rings. The molecule has 3 rings (SSSR count). The first kappa shape index (κ1) is 14.5. The predicted octanol–water partition coefficient (Wildman–Crippen LogP) is 1.94. The van der Waals surface area contributed by atoms with E-state index in [1.54, 1.807) is 0 Å². The van der Waals surface area contributed by atoms with E-state index in [2.05, 4.69) is 24.3 Å². The van der Waals surface area contributed by atoms with Crippen LogP contribution >= 0.6 is 0 Å². The molecule has 0 spiro atoms. The summed E-state index contributed by atoms with van der Waals surface area (Å²) in [5.74, 6) is 0.234. The lowest BCUT2D eigenvalue weighted by molar-refractivity contribution is -0.117. The minimum atomic E-state index is -0.107. The molecule has 1 aromatic rings. The third-order valence-corrected chi connectivity index (χ3v) is 4.95. The lowest BCUT2D eigenvalue weighted by Crippen LogP contribution is -2.26. The number of nitrogens with two attached hydrogens (primary N) is 1. The van der Waals surface area contributed by atoms with Gasteiger partial charge in [0.1, 0.15) is 0 Å². The monoisotopic (exact) mass is 288 g/mol. The smallest absolute Gasteiger partial charge is 0.227 e. The second-order valence-corrected chi connectivity index (χ2v) is 6.46. The Bertz CT molecular complexity index is 508. The molecule has 1 atom stereocenters. The maximum absolute atomic E-state index is 11.8. The topological polar surface area (TPSA) is 66.6 Å². The molecule has 0 aromatic heterocycles. The zero-order chi connectivity index (χ0) is 14.9. The summed E-state index contributed by atoms with van der Waals surface area (Å²) in [6, 6.07) is 8.37. The van der Waals surface area contributed by atoms with Crippen molar-refractivity contribution in [3.63, 3.8) is 0 Å². The first-order valence-electron chi connectivity index (χ1n) is 7.92. The molecular formula is C17H24N2O2. The van der Waals surface area contributed by atoms with Gasteiger partial charge in [-0.25, -0.2) is 0 Å². The number of hydrogen-bond acceptors (Lipinski definition) is 3. The Morgan fingerprint density at radius 1 is 1.29 bits per heavy atom. The fourth-order valence-corrected chi connectivity index (χ4v) is 3.30. The highest BCUT2D eigenvalue weighted by molar-refractivity contribution is 5.95. The summed E-state index contributed by atoms with van der Waals surface area (Å²) in [6.45, 7) is 0.904. The first-order valence-corrected chi connectivity index (χ1v) is 7.92. The predicted molar refractivity (Wildman–Crippen MR) is 83.2 cm³/mol. The third kappa shape index (κ3) is 2.97. The van der Waals surface area contributed by atoms with Gasteiger partial charge in [0.15, 0.2) is 0 Å². The molecule has 0 radical (unpaired) electrons. The van der Waals surface area contributed by atoms with Gasteiger partial charge in [-0.2, -0.15) is 0 Å². The minimum Gasteiger partial charge on any atom is -0.395 e. The normalized spacial score (nSPS) is 21.6. The largest absolute Gasteiger partial charge is 0.395 e. The van der Waals surface area contributed by atoms with Crippen molar-refractivity contribution in [2.75, 3.05) is 18.1 Å². The number of benzene rings is 1. The van der Waals surface area contributed by atoms with E-state index in [-0.39, 0.29) is 24.0 Å². The Morgan fingerprint density at radius 3 is 2.52 bits per heavy atom. The minimum absolute atomic E-state index is 0.0616. The number of aliphatic hydroxyl groups excluding tert-OH is 1. The van der Waals surface area contributed by atoms with E-state index in [4.69, 9.17) is 10.8 Å². The van der Waals surface area contributed by atoms with Crippen LogP contribution in [0.15, 0.2) is 24.3 Å². The van der Waals surface area contributed by atoms with Crippen LogP contribution in [-0.4, -0.2) is 30.2 Å². The van der Waals surface area contributed by atoms with Crippen LogP contribution in [0.25, 0.3) is 0 Å². The molecule has 21 heavy (non-hydrogen) atoms. The van der Waals surface area contributed by atoms with Crippen molar-refractivity contribution >= 4 is 11.6 Å². The van der Waals surface area contributed by atoms with Gasteiger partial charge in [-0.1, -0.05) is 12.1 Å². The average molecular weight is 288 g/mol. The van der Waals surface area contributed by atoms with Crippen LogP contribution in [-0.2, 0) is 10.2 Å². The number of hydrogen-bond donors (Lipinski definition) is 2. The van der Waals surface area contributed by atoms with Gasteiger partial charge in [-0.05, 0) is 55.2 Å². The molecule has 1 heterocycles. The van der Waals surface area contributed by atoms with Gasteiger partial charge in [-0.15, -0.1) is 0 Å². The number of aliphatic hydroxyl groups is 1. The van der Waals surface area contributed by atoms with Crippen LogP contribution in [0.1, 0.15) is 44.1 Å². The molecule has 0 unspecified atom stereocenters. The number of anilines is 1. The standard InChI is InChI=1S/C17H24N2O2/c18-14(12-20)7-8-17(9-10-17)13-3-5-15(6-4-13)19-11-1-2-16(19)21/h3-6,14,20H,1-2,7-12,18H2/t14-/m0/s1. The summed E-state index contributed by atoms with van der Waals surface area (Å²) in [4.78, 5) is 13.6. The molecule has 2 aliphatic rings. The van der Waals surface area contributed by atoms with Crippen molar-refractivity contribution in [2.45, 2.75) is 50.0 Å². The number of carbonyl (C=O) groups excluding carboxylic acids is 1. The van der Waals surface area contributed by atoms with Crippen molar-refractivity contribution in [3.05, 3.63) is 29.8 Å². The maximum Gasteiger partial charge on any atom is 0.227 e. The highest BCUT2D eigenvalue weighted by Crippen LogP contribution is 2.52. The van der Waals surface area contributed by atoms with Gasteiger partial charge in [-0.3, -0.25) is 4.79 Å². The van der Waals surface area contributed by atoms with Crippen LogP contribution in [0.5, 0.6) is 0 Å². The molecule has 1 aliphatic heterocycles. The molecule has 0 bridgehead atoms. The van der Waals surface area contributed by atoms with Crippen molar-refractivity contribution in [1.82, 2.24) is 0 Å². The lowest BCUT2D eigenvalue weighted by Gasteiger charge is -2.20. The van der Waals surface area contributed by atoms with E-state index >= 15 is 0 Å². The number of carbonyl (C=O) groups is 1. The highest BCUT2D eigenvalue weighted by atomic mass is 16.3. The summed E-state index contributed by atoms with van der Waals surface area (Å²) in [5.41, 5.74) is 8.45. The van der Waals surface area contributed by atoms with Crippen LogP contribution in [0.3, 0.4) is 0 Å². The Hall–Kier alpha value is -1.39. The van der Waals surface area contributed by atoms with Crippen LogP contribution < -0.4 is 10.6 Å². The van der Waals surface area contributed by atoms with Gasteiger partial charge in [0.05, 0.1) is 6.61 Å². The molecule has 114 valence electrons. The number of rotatable bonds is 6. The quantitative estimate of drug-likeness (QED) is 0.840. The van der Waals surface area contributed by atoms with E-state index in [9.17, 15) is 4.79 Å². The van der Waals surface area contributed by atoms with Crippen molar-refractivity contribution < 1.29 is 9.90 Å². The molecule has 4 heteroatoms. The molecule has 1 aliphatic carbocycles. The summed E-state index contributed by atoms with van der Waals surface area (Å²) < 4.78 is 0. The SMILES string of the molecule is N[C@H](CO)CCC1(c2ccc(N3CCCC3=O)cc2)CC1. The third-order valence-electron chi connectivity index (χ3n) is 4.95. The molecule has 1 saturated heterocycles. The molecule has 1 saturated carbocycles. The maximum atomic E-state index is 11.8. The van der Waals surface area contributed by atoms with Gasteiger partial charge >= 0.3 is 0 Å². The van der Waals surface area contributed by atoms with Gasteiger partial charge in [0, 0.05) is 24.7 Å². The van der Waals surface area contributed by atoms with Crippen molar-refractivity contribution in [3.8, 4) is 0 Å². The molecule has 1 amide bonds. The second kappa shape index (κ2) is 5.78. The zero-order valence-electron chi connectivity index (χ0n) is 12.4. The summed E-state index contributed by atoms with van der Waals surface area (Å²) in [6.07, 6.45) is 5.94. The van der Waals surface area contributed by atoms with Crippen molar-refractivity contribution in [1.29, 1.82) is 0 Å². The second-order valence-electron chi connectivity index (χ2n) is 6.46. The fraction of sp³-hybridized carbons (Fsp3) is 0.588. The highest BCUT2D eigenvalue weighted by Gasteiger charge is 2.43. The van der Waals surface area contributed by atoms with E-state index in [0.29, 0.717) is 6.42 Å². The van der Waals surface area contributed by atoms with Crippen LogP contribution in [0.2, 0.25) is 0 Å². The van der Waals surface area contributed by atoms with E-state index in [1.165, 1.54) is 18.4 Å². The first-order chi connectivity index (χ1) is 10.1.